The van der Waals surface area contributed by atoms with Crippen LogP contribution < -0.4 is 10.1 Å². The Morgan fingerprint density at radius 2 is 1.66 bits per heavy atom. The van der Waals surface area contributed by atoms with Gasteiger partial charge in [0.1, 0.15) is 11.3 Å². The highest BCUT2D eigenvalue weighted by Crippen LogP contribution is 2.38. The van der Waals surface area contributed by atoms with Crippen LogP contribution in [0, 0.1) is 0 Å². The molecule has 1 amide bonds. The fourth-order valence-electron chi connectivity index (χ4n) is 4.24. The van der Waals surface area contributed by atoms with Gasteiger partial charge in [0.05, 0.1) is 12.1 Å². The summed E-state index contributed by atoms with van der Waals surface area (Å²) in [5, 5.41) is 13.7. The summed E-state index contributed by atoms with van der Waals surface area (Å²) in [6.07, 6.45) is 0. The predicted octanol–water partition coefficient (Wildman–Crippen LogP) is 3.83. The van der Waals surface area contributed by atoms with Gasteiger partial charge in [-0.05, 0) is 30.3 Å². The molecule has 1 aliphatic rings. The van der Waals surface area contributed by atoms with E-state index in [2.05, 4.69) is 5.32 Å². The van der Waals surface area contributed by atoms with Gasteiger partial charge in [-0.15, -0.1) is 0 Å². The van der Waals surface area contributed by atoms with Gasteiger partial charge in [0.15, 0.2) is 0 Å². The van der Waals surface area contributed by atoms with Crippen molar-refractivity contribution in [2.75, 3.05) is 26.2 Å². The van der Waals surface area contributed by atoms with E-state index in [1.165, 1.54) is 0 Å². The minimum Gasteiger partial charge on any atom is -0.440 e. The number of hydrogen-bond donors (Lipinski definition) is 2. The van der Waals surface area contributed by atoms with Gasteiger partial charge < -0.3 is 20.1 Å². The molecule has 1 unspecified atom stereocenters. The lowest BCUT2D eigenvalue weighted by atomic mass is 10.1. The molecule has 4 aromatic rings. The standard InChI is InChI=1S/C26H25N3O3/c30-18-19-17-28(16-15-27-19)25(31)24-22-13-7-8-14-23(22)29(20-9-3-1-4-10-20)26(24)32-21-11-5-2-6-12-21/h1-14,19,27,30H,15-18H2. The molecule has 1 fully saturated rings. The van der Waals surface area contributed by atoms with Gasteiger partial charge in [0.2, 0.25) is 5.88 Å². The van der Waals surface area contributed by atoms with E-state index in [1.807, 2.05) is 89.5 Å². The molecule has 6 heteroatoms. The third-order valence-corrected chi connectivity index (χ3v) is 5.78. The van der Waals surface area contributed by atoms with Crippen molar-refractivity contribution in [3.63, 3.8) is 0 Å². The highest BCUT2D eigenvalue weighted by molar-refractivity contribution is 6.10. The normalized spacial score (nSPS) is 16.3. The number of amides is 1. The monoisotopic (exact) mass is 427 g/mol. The molecule has 2 heterocycles. The molecule has 0 aliphatic carbocycles. The number of para-hydroxylation sites is 3. The fraction of sp³-hybridized carbons (Fsp3) is 0.192. The molecule has 1 saturated heterocycles. The number of aliphatic hydroxyl groups is 1. The van der Waals surface area contributed by atoms with Crippen LogP contribution in [0.2, 0.25) is 0 Å². The predicted molar refractivity (Wildman–Crippen MR) is 125 cm³/mol. The fourth-order valence-corrected chi connectivity index (χ4v) is 4.24. The zero-order valence-corrected chi connectivity index (χ0v) is 17.6. The summed E-state index contributed by atoms with van der Waals surface area (Å²) in [7, 11) is 0. The van der Waals surface area contributed by atoms with E-state index in [4.69, 9.17) is 4.74 Å². The minimum atomic E-state index is -0.131. The van der Waals surface area contributed by atoms with Crippen LogP contribution in [0.1, 0.15) is 10.4 Å². The van der Waals surface area contributed by atoms with Crippen molar-refractivity contribution < 1.29 is 14.6 Å². The Kier molecular flexibility index (Phi) is 5.62. The lowest BCUT2D eigenvalue weighted by molar-refractivity contribution is 0.0670. The number of aliphatic hydroxyl groups excluding tert-OH is 1. The first-order chi connectivity index (χ1) is 15.8. The average Bonchev–Trinajstić information content (AvgIpc) is 3.18. The van der Waals surface area contributed by atoms with Crippen LogP contribution in [-0.2, 0) is 0 Å². The lowest BCUT2D eigenvalue weighted by Crippen LogP contribution is -2.54. The second-order valence-corrected chi connectivity index (χ2v) is 7.87. The molecule has 0 radical (unpaired) electrons. The number of rotatable bonds is 5. The van der Waals surface area contributed by atoms with Crippen LogP contribution in [0.5, 0.6) is 11.6 Å². The second kappa shape index (κ2) is 8.86. The summed E-state index contributed by atoms with van der Waals surface area (Å²) in [4.78, 5) is 15.7. The van der Waals surface area contributed by atoms with Gasteiger partial charge in [-0.25, -0.2) is 0 Å². The molecular formula is C26H25N3O3. The molecule has 0 bridgehead atoms. The number of carbonyl (C=O) groups excluding carboxylic acids is 1. The van der Waals surface area contributed by atoms with Crippen molar-refractivity contribution in [2.45, 2.75) is 6.04 Å². The van der Waals surface area contributed by atoms with Crippen LogP contribution >= 0.6 is 0 Å². The highest BCUT2D eigenvalue weighted by Gasteiger charge is 2.31. The molecule has 1 aromatic heterocycles. The van der Waals surface area contributed by atoms with E-state index in [-0.39, 0.29) is 18.6 Å². The Morgan fingerprint density at radius 1 is 0.969 bits per heavy atom. The number of fused-ring (bicyclic) bond motifs is 1. The number of aromatic nitrogens is 1. The molecule has 5 rings (SSSR count). The Balaban J connectivity index is 1.71. The van der Waals surface area contributed by atoms with Crippen molar-refractivity contribution in [1.29, 1.82) is 0 Å². The summed E-state index contributed by atoms with van der Waals surface area (Å²) < 4.78 is 8.40. The molecule has 2 N–H and O–H groups in total. The number of ether oxygens (including phenoxy) is 1. The first-order valence-corrected chi connectivity index (χ1v) is 10.8. The van der Waals surface area contributed by atoms with Crippen LogP contribution in [0.3, 0.4) is 0 Å². The third-order valence-electron chi connectivity index (χ3n) is 5.78. The van der Waals surface area contributed by atoms with E-state index in [9.17, 15) is 9.90 Å². The van der Waals surface area contributed by atoms with Gasteiger partial charge in [-0.2, -0.15) is 0 Å². The Morgan fingerprint density at radius 3 is 2.41 bits per heavy atom. The van der Waals surface area contributed by atoms with Gasteiger partial charge in [-0.3, -0.25) is 9.36 Å². The van der Waals surface area contributed by atoms with E-state index < -0.39 is 0 Å². The topological polar surface area (TPSA) is 66.7 Å². The van der Waals surface area contributed by atoms with Crippen molar-refractivity contribution in [1.82, 2.24) is 14.8 Å². The Bertz CT molecular complexity index is 1220. The quantitative estimate of drug-likeness (QED) is 0.508. The van der Waals surface area contributed by atoms with Gasteiger partial charge in [0, 0.05) is 36.7 Å². The maximum Gasteiger partial charge on any atom is 0.260 e. The van der Waals surface area contributed by atoms with Crippen LogP contribution in [0.25, 0.3) is 16.6 Å². The van der Waals surface area contributed by atoms with Crippen LogP contribution in [0.4, 0.5) is 0 Å². The summed E-state index contributed by atoms with van der Waals surface area (Å²) in [5.41, 5.74) is 2.36. The summed E-state index contributed by atoms with van der Waals surface area (Å²) in [5.74, 6) is 1.06. The molecule has 6 nitrogen and oxygen atoms in total. The molecule has 162 valence electrons. The summed E-state index contributed by atoms with van der Waals surface area (Å²) >= 11 is 0. The van der Waals surface area contributed by atoms with Crippen molar-refractivity contribution in [3.05, 3.63) is 90.5 Å². The zero-order chi connectivity index (χ0) is 21.9. The lowest BCUT2D eigenvalue weighted by Gasteiger charge is -2.33. The Hall–Kier alpha value is -3.61. The third kappa shape index (κ3) is 3.75. The second-order valence-electron chi connectivity index (χ2n) is 7.87. The summed E-state index contributed by atoms with van der Waals surface area (Å²) in [6, 6.07) is 27.2. The van der Waals surface area contributed by atoms with E-state index in [1.54, 1.807) is 4.90 Å². The minimum absolute atomic E-state index is 0.0110. The molecule has 3 aromatic carbocycles. The van der Waals surface area contributed by atoms with Gasteiger partial charge in [0.25, 0.3) is 5.91 Å². The summed E-state index contributed by atoms with van der Waals surface area (Å²) in [6.45, 7) is 1.65. The smallest absolute Gasteiger partial charge is 0.260 e. The first-order valence-electron chi connectivity index (χ1n) is 10.8. The van der Waals surface area contributed by atoms with Crippen molar-refractivity contribution in [2.24, 2.45) is 0 Å². The molecule has 1 atom stereocenters. The van der Waals surface area contributed by atoms with Crippen molar-refractivity contribution >= 4 is 16.8 Å². The van der Waals surface area contributed by atoms with Crippen LogP contribution in [0.15, 0.2) is 84.9 Å². The van der Waals surface area contributed by atoms with E-state index in [0.717, 1.165) is 16.6 Å². The molecule has 1 aliphatic heterocycles. The van der Waals surface area contributed by atoms with E-state index in [0.29, 0.717) is 36.8 Å². The Labute approximate surface area is 186 Å². The molecule has 0 saturated carbocycles. The average molecular weight is 428 g/mol. The highest BCUT2D eigenvalue weighted by atomic mass is 16.5. The number of hydrogen-bond acceptors (Lipinski definition) is 4. The van der Waals surface area contributed by atoms with Crippen LogP contribution in [-0.4, -0.2) is 52.8 Å². The largest absolute Gasteiger partial charge is 0.440 e. The van der Waals surface area contributed by atoms with Gasteiger partial charge >= 0.3 is 0 Å². The van der Waals surface area contributed by atoms with E-state index >= 15 is 0 Å². The van der Waals surface area contributed by atoms with Gasteiger partial charge in [-0.1, -0.05) is 54.6 Å². The number of carbonyl (C=O) groups is 1. The number of nitrogens with one attached hydrogen (secondary N) is 1. The maximum atomic E-state index is 13.9. The molecule has 32 heavy (non-hydrogen) atoms. The number of nitrogens with zero attached hydrogens (tertiary/aromatic N) is 2. The SMILES string of the molecule is O=C(c1c(Oc2ccccc2)n(-c2ccccc2)c2ccccc12)N1CCNC(CO)C1. The maximum absolute atomic E-state index is 13.9. The molecular weight excluding hydrogens is 402 g/mol. The van der Waals surface area contributed by atoms with Crippen molar-refractivity contribution in [3.8, 4) is 17.3 Å². The zero-order valence-electron chi connectivity index (χ0n) is 17.6. The number of benzene rings is 3. The first kappa shape index (κ1) is 20.3. The number of piperazine rings is 1. The molecule has 0 spiro atoms.